The van der Waals surface area contributed by atoms with Gasteiger partial charge in [0, 0.05) is 0 Å². The summed E-state index contributed by atoms with van der Waals surface area (Å²) in [5.41, 5.74) is 0. The highest BCUT2D eigenvalue weighted by molar-refractivity contribution is 4.71. The van der Waals surface area contributed by atoms with E-state index in [4.69, 9.17) is 14.9 Å². The van der Waals surface area contributed by atoms with Gasteiger partial charge >= 0.3 is 0 Å². The quantitative estimate of drug-likeness (QED) is 0.443. The van der Waals surface area contributed by atoms with Gasteiger partial charge in [-0.05, 0) is 6.42 Å². The van der Waals surface area contributed by atoms with Crippen molar-refractivity contribution in [2.45, 2.75) is 20.0 Å². The van der Waals surface area contributed by atoms with E-state index < -0.39 is 6.10 Å². The number of hydrogen-bond donors (Lipinski definition) is 2. The molecule has 0 rings (SSSR count). The van der Waals surface area contributed by atoms with Crippen LogP contribution in [0, 0.1) is 0 Å². The van der Waals surface area contributed by atoms with Crippen molar-refractivity contribution in [1.29, 1.82) is 0 Å². The molecule has 11 heavy (non-hydrogen) atoms. The molecule has 0 fully saturated rings. The normalized spacial score (nSPS) is 11.8. The first-order chi connectivity index (χ1) is 4.81. The van der Waals surface area contributed by atoms with E-state index in [-0.39, 0.29) is 27.2 Å². The summed E-state index contributed by atoms with van der Waals surface area (Å²) in [6.07, 6.45) is 1.68. The Morgan fingerprint density at radius 2 is 2.18 bits per heavy atom. The first kappa shape index (κ1) is 13.2. The van der Waals surface area contributed by atoms with Crippen LogP contribution in [0.5, 0.6) is 0 Å². The number of hydrogen-bond acceptors (Lipinski definition) is 3. The van der Waals surface area contributed by atoms with Crippen molar-refractivity contribution in [3.8, 4) is 0 Å². The van der Waals surface area contributed by atoms with Crippen molar-refractivity contribution in [3.05, 3.63) is 12.7 Å². The van der Waals surface area contributed by atoms with Gasteiger partial charge in [0.2, 0.25) is 0 Å². The van der Waals surface area contributed by atoms with Crippen molar-refractivity contribution in [2.24, 2.45) is 0 Å². The second-order valence-corrected chi connectivity index (χ2v) is 1.98. The van der Waals surface area contributed by atoms with E-state index in [1.165, 1.54) is 0 Å². The third kappa shape index (κ3) is 9.62. The summed E-state index contributed by atoms with van der Waals surface area (Å²) in [5, 5.41) is 17.3. The van der Waals surface area contributed by atoms with Gasteiger partial charge in [-0.3, -0.25) is 0 Å². The minimum absolute atomic E-state index is 0. The molecule has 3 heteroatoms. The SMILES string of the molecule is C.C=CCC(O)COCCO. The van der Waals surface area contributed by atoms with Crippen LogP contribution < -0.4 is 0 Å². The molecule has 0 aliphatic heterocycles. The summed E-state index contributed by atoms with van der Waals surface area (Å²) in [7, 11) is 0. The predicted octanol–water partition coefficient (Wildman–Crippen LogP) is 0.568. The smallest absolute Gasteiger partial charge is 0.0807 e. The molecule has 0 saturated heterocycles. The second-order valence-electron chi connectivity index (χ2n) is 1.98. The van der Waals surface area contributed by atoms with Crippen LogP contribution in [0.25, 0.3) is 0 Å². The molecule has 0 aliphatic rings. The third-order valence-electron chi connectivity index (χ3n) is 0.985. The zero-order valence-electron chi connectivity index (χ0n) is 5.99. The van der Waals surface area contributed by atoms with Gasteiger partial charge in [0.1, 0.15) is 0 Å². The lowest BCUT2D eigenvalue weighted by molar-refractivity contribution is 0.0229. The standard InChI is InChI=1S/C7H14O3.CH4/c1-2-3-7(9)6-10-5-4-8;/h2,7-9H,1,3-6H2;1H4. The Labute approximate surface area is 68.3 Å². The Kier molecular flexibility index (Phi) is 11.6. The molecule has 68 valence electrons. The number of ether oxygens (including phenoxy) is 1. The zero-order chi connectivity index (χ0) is 7.82. The molecular weight excluding hydrogens is 144 g/mol. The van der Waals surface area contributed by atoms with E-state index >= 15 is 0 Å². The van der Waals surface area contributed by atoms with Crippen molar-refractivity contribution in [1.82, 2.24) is 0 Å². The van der Waals surface area contributed by atoms with Crippen LogP contribution in [0.4, 0.5) is 0 Å². The molecule has 0 spiro atoms. The first-order valence-electron chi connectivity index (χ1n) is 3.28. The van der Waals surface area contributed by atoms with Crippen LogP contribution in [-0.4, -0.2) is 36.1 Å². The maximum Gasteiger partial charge on any atom is 0.0807 e. The van der Waals surface area contributed by atoms with Gasteiger partial charge in [-0.25, -0.2) is 0 Å². The summed E-state index contributed by atoms with van der Waals surface area (Å²) < 4.78 is 4.85. The fourth-order valence-corrected chi connectivity index (χ4v) is 0.544. The highest BCUT2D eigenvalue weighted by atomic mass is 16.5. The average molecular weight is 162 g/mol. The average Bonchev–Trinajstić information content (AvgIpc) is 1.89. The van der Waals surface area contributed by atoms with Gasteiger partial charge < -0.3 is 14.9 Å². The van der Waals surface area contributed by atoms with Gasteiger partial charge in [0.15, 0.2) is 0 Å². The van der Waals surface area contributed by atoms with Crippen molar-refractivity contribution < 1.29 is 14.9 Å². The molecule has 2 N–H and O–H groups in total. The topological polar surface area (TPSA) is 49.7 Å². The molecule has 1 unspecified atom stereocenters. The Hall–Kier alpha value is -0.380. The monoisotopic (exact) mass is 162 g/mol. The molecule has 0 aromatic heterocycles. The van der Waals surface area contributed by atoms with Crippen LogP contribution in [0.1, 0.15) is 13.8 Å². The summed E-state index contributed by atoms with van der Waals surface area (Å²) >= 11 is 0. The number of aliphatic hydroxyl groups excluding tert-OH is 2. The lowest BCUT2D eigenvalue weighted by Crippen LogP contribution is -2.15. The van der Waals surface area contributed by atoms with Gasteiger partial charge in [-0.2, -0.15) is 0 Å². The third-order valence-corrected chi connectivity index (χ3v) is 0.985. The Morgan fingerprint density at radius 1 is 1.55 bits per heavy atom. The molecule has 0 aromatic rings. The summed E-state index contributed by atoms with van der Waals surface area (Å²) in [6, 6.07) is 0. The molecule has 0 radical (unpaired) electrons. The maximum atomic E-state index is 9.00. The minimum atomic E-state index is -0.482. The Bertz CT molecular complexity index is 83.4. The molecule has 0 saturated carbocycles. The molecule has 0 bridgehead atoms. The van der Waals surface area contributed by atoms with Gasteiger partial charge in [0.25, 0.3) is 0 Å². The largest absolute Gasteiger partial charge is 0.394 e. The van der Waals surface area contributed by atoms with Gasteiger partial charge in [-0.15, -0.1) is 6.58 Å². The first-order valence-corrected chi connectivity index (χ1v) is 3.28. The molecule has 3 nitrogen and oxygen atoms in total. The highest BCUT2D eigenvalue weighted by Crippen LogP contribution is 1.91. The van der Waals surface area contributed by atoms with Gasteiger partial charge in [-0.1, -0.05) is 13.5 Å². The summed E-state index contributed by atoms with van der Waals surface area (Å²) in [4.78, 5) is 0. The molecule has 0 amide bonds. The van der Waals surface area contributed by atoms with E-state index in [0.29, 0.717) is 6.42 Å². The Morgan fingerprint density at radius 3 is 2.64 bits per heavy atom. The van der Waals surface area contributed by atoms with Crippen LogP contribution in [-0.2, 0) is 4.74 Å². The van der Waals surface area contributed by atoms with Crippen molar-refractivity contribution in [2.75, 3.05) is 19.8 Å². The van der Waals surface area contributed by atoms with Gasteiger partial charge in [0.05, 0.1) is 25.9 Å². The highest BCUT2D eigenvalue weighted by Gasteiger charge is 1.99. The van der Waals surface area contributed by atoms with Crippen LogP contribution in [0.2, 0.25) is 0 Å². The van der Waals surface area contributed by atoms with E-state index in [0.717, 1.165) is 0 Å². The van der Waals surface area contributed by atoms with Crippen LogP contribution in [0.3, 0.4) is 0 Å². The molecule has 0 aliphatic carbocycles. The lowest BCUT2D eigenvalue weighted by Gasteiger charge is -2.06. The summed E-state index contributed by atoms with van der Waals surface area (Å²) in [6.45, 7) is 4.02. The van der Waals surface area contributed by atoms with Crippen molar-refractivity contribution >= 4 is 0 Å². The minimum Gasteiger partial charge on any atom is -0.394 e. The van der Waals surface area contributed by atoms with E-state index in [9.17, 15) is 0 Å². The van der Waals surface area contributed by atoms with E-state index in [2.05, 4.69) is 6.58 Å². The lowest BCUT2D eigenvalue weighted by atomic mass is 10.3. The molecule has 1 atom stereocenters. The molecule has 0 heterocycles. The maximum absolute atomic E-state index is 9.00. The van der Waals surface area contributed by atoms with Crippen molar-refractivity contribution in [3.63, 3.8) is 0 Å². The van der Waals surface area contributed by atoms with Crippen LogP contribution in [0.15, 0.2) is 12.7 Å². The molecular formula is C8H18O3. The van der Waals surface area contributed by atoms with E-state index in [1.807, 2.05) is 0 Å². The van der Waals surface area contributed by atoms with Crippen LogP contribution >= 0.6 is 0 Å². The second kappa shape index (κ2) is 9.62. The predicted molar refractivity (Wildman–Crippen MR) is 45.5 cm³/mol. The number of aliphatic hydroxyl groups is 2. The number of rotatable bonds is 6. The fraction of sp³-hybridized carbons (Fsp3) is 0.750. The van der Waals surface area contributed by atoms with E-state index in [1.54, 1.807) is 6.08 Å². The zero-order valence-corrected chi connectivity index (χ0v) is 5.99. The summed E-state index contributed by atoms with van der Waals surface area (Å²) in [5.74, 6) is 0. The fourth-order valence-electron chi connectivity index (χ4n) is 0.544. The molecule has 0 aromatic carbocycles. The Balaban J connectivity index is 0.